The Morgan fingerprint density at radius 2 is 1.94 bits per heavy atom. The van der Waals surface area contributed by atoms with Gasteiger partial charge in [-0.05, 0) is 68.4 Å². The lowest BCUT2D eigenvalue weighted by molar-refractivity contribution is -0.121. The highest BCUT2D eigenvalue weighted by Crippen LogP contribution is 2.30. The standard InChI is InChI=1S/C24H28N4O4/c1-15-13-25-11-10-20(15)26-22(29)17-6-4-16(5-7-17)14-28-23(30)19-12-18(32-3)8-9-21(19)27(2)24(28)31/h8-13,16-17H,4-7,14H2,1-3H3,(H,25,26,29)/t16-,17-. The van der Waals surface area contributed by atoms with E-state index in [1.54, 1.807) is 50.8 Å². The number of carbonyl (C=O) groups is 1. The van der Waals surface area contributed by atoms with Gasteiger partial charge in [0.15, 0.2) is 0 Å². The molecule has 3 aromatic rings. The lowest BCUT2D eigenvalue weighted by Gasteiger charge is -2.28. The van der Waals surface area contributed by atoms with Gasteiger partial charge in [0.1, 0.15) is 5.75 Å². The Balaban J connectivity index is 1.47. The summed E-state index contributed by atoms with van der Waals surface area (Å²) in [4.78, 5) is 42.7. The molecule has 0 spiro atoms. The van der Waals surface area contributed by atoms with Crippen LogP contribution in [0.1, 0.15) is 31.2 Å². The number of amides is 1. The van der Waals surface area contributed by atoms with E-state index in [4.69, 9.17) is 4.74 Å². The fraction of sp³-hybridized carbons (Fsp3) is 0.417. The lowest BCUT2D eigenvalue weighted by Crippen LogP contribution is -2.41. The molecule has 1 aliphatic rings. The lowest BCUT2D eigenvalue weighted by atomic mass is 9.81. The second-order valence-electron chi connectivity index (χ2n) is 8.54. The zero-order chi connectivity index (χ0) is 22.8. The minimum absolute atomic E-state index is 0.0173. The van der Waals surface area contributed by atoms with Crippen LogP contribution in [0.15, 0.2) is 46.2 Å². The molecular formula is C24H28N4O4. The van der Waals surface area contributed by atoms with Gasteiger partial charge < -0.3 is 10.1 Å². The van der Waals surface area contributed by atoms with Crippen LogP contribution in [-0.2, 0) is 18.4 Å². The van der Waals surface area contributed by atoms with E-state index in [9.17, 15) is 14.4 Å². The number of hydrogen-bond acceptors (Lipinski definition) is 5. The largest absolute Gasteiger partial charge is 0.497 e. The van der Waals surface area contributed by atoms with Crippen LogP contribution in [0.4, 0.5) is 5.69 Å². The van der Waals surface area contributed by atoms with E-state index in [0.717, 1.165) is 36.9 Å². The minimum atomic E-state index is -0.319. The van der Waals surface area contributed by atoms with Gasteiger partial charge in [-0.25, -0.2) is 4.79 Å². The van der Waals surface area contributed by atoms with Gasteiger partial charge in [0.05, 0.1) is 18.0 Å². The molecule has 1 fully saturated rings. The highest BCUT2D eigenvalue weighted by Gasteiger charge is 2.27. The number of benzene rings is 1. The predicted octanol–water partition coefficient (Wildman–Crippen LogP) is 2.86. The molecule has 8 heteroatoms. The summed E-state index contributed by atoms with van der Waals surface area (Å²) in [5.41, 5.74) is 1.69. The van der Waals surface area contributed by atoms with Crippen molar-refractivity contribution in [2.24, 2.45) is 18.9 Å². The number of fused-ring (bicyclic) bond motifs is 1. The number of methoxy groups -OCH3 is 1. The van der Waals surface area contributed by atoms with Crippen molar-refractivity contribution in [3.05, 3.63) is 63.1 Å². The van der Waals surface area contributed by atoms with Crippen molar-refractivity contribution >= 4 is 22.5 Å². The first-order chi connectivity index (χ1) is 15.4. The van der Waals surface area contributed by atoms with Gasteiger partial charge in [0, 0.05) is 37.6 Å². The van der Waals surface area contributed by atoms with Crippen molar-refractivity contribution in [3.8, 4) is 5.75 Å². The number of nitrogens with zero attached hydrogens (tertiary/aromatic N) is 3. The Hall–Kier alpha value is -3.42. The van der Waals surface area contributed by atoms with E-state index >= 15 is 0 Å². The van der Waals surface area contributed by atoms with E-state index < -0.39 is 0 Å². The summed E-state index contributed by atoms with van der Waals surface area (Å²) in [5.74, 6) is 0.703. The van der Waals surface area contributed by atoms with Crippen molar-refractivity contribution in [1.82, 2.24) is 14.1 Å². The van der Waals surface area contributed by atoms with Crippen LogP contribution >= 0.6 is 0 Å². The molecule has 1 saturated carbocycles. The maximum Gasteiger partial charge on any atom is 0.331 e. The summed E-state index contributed by atoms with van der Waals surface area (Å²) in [6.45, 7) is 2.27. The molecular weight excluding hydrogens is 408 g/mol. The van der Waals surface area contributed by atoms with Gasteiger partial charge in [0.25, 0.3) is 5.56 Å². The zero-order valence-electron chi connectivity index (χ0n) is 18.6. The number of carbonyl (C=O) groups excluding carboxylic acids is 1. The molecule has 1 aromatic carbocycles. The molecule has 0 aliphatic heterocycles. The normalized spacial score (nSPS) is 18.5. The number of anilines is 1. The van der Waals surface area contributed by atoms with Crippen molar-refractivity contribution in [3.63, 3.8) is 0 Å². The van der Waals surface area contributed by atoms with E-state index in [1.165, 1.54) is 9.13 Å². The molecule has 4 rings (SSSR count). The van der Waals surface area contributed by atoms with Crippen molar-refractivity contribution in [1.29, 1.82) is 0 Å². The molecule has 1 N–H and O–H groups in total. The molecule has 0 radical (unpaired) electrons. The Morgan fingerprint density at radius 3 is 2.62 bits per heavy atom. The summed E-state index contributed by atoms with van der Waals surface area (Å²) >= 11 is 0. The van der Waals surface area contributed by atoms with E-state index in [0.29, 0.717) is 23.2 Å². The number of hydrogen-bond donors (Lipinski definition) is 1. The van der Waals surface area contributed by atoms with Crippen molar-refractivity contribution in [2.75, 3.05) is 12.4 Å². The average Bonchev–Trinajstić information content (AvgIpc) is 2.81. The van der Waals surface area contributed by atoms with Crippen LogP contribution in [0.25, 0.3) is 10.9 Å². The van der Waals surface area contributed by atoms with Gasteiger partial charge in [0.2, 0.25) is 5.91 Å². The first-order valence-corrected chi connectivity index (χ1v) is 10.9. The van der Waals surface area contributed by atoms with Crippen LogP contribution in [0.5, 0.6) is 5.75 Å². The molecule has 2 heterocycles. The van der Waals surface area contributed by atoms with Crippen LogP contribution in [0.3, 0.4) is 0 Å². The molecule has 2 aromatic heterocycles. The SMILES string of the molecule is COc1ccc2c(c1)c(=O)n(C[C@H]1CC[C@H](C(=O)Nc3ccncc3C)CC1)c(=O)n2C. The Bertz CT molecular complexity index is 1270. The Kier molecular flexibility index (Phi) is 6.12. The summed E-state index contributed by atoms with van der Waals surface area (Å²) in [7, 11) is 3.22. The van der Waals surface area contributed by atoms with Crippen molar-refractivity contribution < 1.29 is 9.53 Å². The second kappa shape index (κ2) is 8.98. The number of aryl methyl sites for hydroxylation is 2. The molecule has 0 saturated heterocycles. The van der Waals surface area contributed by atoms with Crippen LogP contribution in [0, 0.1) is 18.8 Å². The van der Waals surface area contributed by atoms with Gasteiger partial charge in [-0.15, -0.1) is 0 Å². The maximum absolute atomic E-state index is 13.1. The second-order valence-corrected chi connectivity index (χ2v) is 8.54. The fourth-order valence-corrected chi connectivity index (χ4v) is 4.50. The average molecular weight is 437 g/mol. The summed E-state index contributed by atoms with van der Waals surface area (Å²) < 4.78 is 8.08. The molecule has 0 bridgehead atoms. The van der Waals surface area contributed by atoms with E-state index in [1.807, 2.05) is 6.92 Å². The third-order valence-electron chi connectivity index (χ3n) is 6.49. The highest BCUT2D eigenvalue weighted by atomic mass is 16.5. The smallest absolute Gasteiger partial charge is 0.331 e. The third kappa shape index (κ3) is 4.17. The molecule has 0 atom stereocenters. The Labute approximate surface area is 185 Å². The number of rotatable bonds is 5. The summed E-state index contributed by atoms with van der Waals surface area (Å²) in [5, 5.41) is 3.47. The fourth-order valence-electron chi connectivity index (χ4n) is 4.50. The minimum Gasteiger partial charge on any atom is -0.497 e. The number of aromatic nitrogens is 3. The number of ether oxygens (including phenoxy) is 1. The van der Waals surface area contributed by atoms with E-state index in [2.05, 4.69) is 10.3 Å². The molecule has 168 valence electrons. The first kappa shape index (κ1) is 21.8. The van der Waals surface area contributed by atoms with Crippen LogP contribution < -0.4 is 21.3 Å². The molecule has 0 unspecified atom stereocenters. The molecule has 32 heavy (non-hydrogen) atoms. The Morgan fingerprint density at radius 1 is 1.19 bits per heavy atom. The maximum atomic E-state index is 13.1. The number of nitrogens with one attached hydrogen (secondary N) is 1. The summed E-state index contributed by atoms with van der Waals surface area (Å²) in [6.07, 6.45) is 6.44. The van der Waals surface area contributed by atoms with Crippen LogP contribution in [0.2, 0.25) is 0 Å². The third-order valence-corrected chi connectivity index (χ3v) is 6.49. The number of pyridine rings is 1. The topological polar surface area (TPSA) is 95.2 Å². The monoisotopic (exact) mass is 436 g/mol. The zero-order valence-corrected chi connectivity index (χ0v) is 18.6. The van der Waals surface area contributed by atoms with Crippen LogP contribution in [-0.4, -0.2) is 27.1 Å². The van der Waals surface area contributed by atoms with Gasteiger partial charge in [-0.3, -0.25) is 23.7 Å². The first-order valence-electron chi connectivity index (χ1n) is 10.9. The summed E-state index contributed by atoms with van der Waals surface area (Å²) in [6, 6.07) is 6.95. The predicted molar refractivity (Wildman–Crippen MR) is 123 cm³/mol. The molecule has 1 amide bonds. The molecule has 8 nitrogen and oxygen atoms in total. The van der Waals surface area contributed by atoms with Gasteiger partial charge >= 0.3 is 5.69 Å². The van der Waals surface area contributed by atoms with Gasteiger partial charge in [-0.1, -0.05) is 0 Å². The molecule has 1 aliphatic carbocycles. The quantitative estimate of drug-likeness (QED) is 0.664. The van der Waals surface area contributed by atoms with Gasteiger partial charge in [-0.2, -0.15) is 0 Å². The van der Waals surface area contributed by atoms with E-state index in [-0.39, 0.29) is 29.0 Å². The van der Waals surface area contributed by atoms with Crippen molar-refractivity contribution in [2.45, 2.75) is 39.2 Å². The highest BCUT2D eigenvalue weighted by molar-refractivity contribution is 5.93.